The number of benzene rings is 2. The first-order valence-electron chi connectivity index (χ1n) is 5.97. The summed E-state index contributed by atoms with van der Waals surface area (Å²) in [5.41, 5.74) is 0.455. The molecule has 2 aromatic rings. The Bertz CT molecular complexity index is 642. The maximum atomic E-state index is 13.5. The Morgan fingerprint density at radius 1 is 1.14 bits per heavy atom. The second-order valence-corrected chi connectivity index (χ2v) is 4.68. The van der Waals surface area contributed by atoms with Gasteiger partial charge in [-0.25, -0.2) is 4.39 Å². The number of carbonyl (C=O) groups is 1. The zero-order chi connectivity index (χ0) is 15.4. The predicted molar refractivity (Wildman–Crippen MR) is 72.5 cm³/mol. The molecule has 110 valence electrons. The maximum absolute atomic E-state index is 13.5. The van der Waals surface area contributed by atoms with Crippen LogP contribution in [0.3, 0.4) is 0 Å². The zero-order valence-electron chi connectivity index (χ0n) is 10.7. The van der Waals surface area contributed by atoms with E-state index < -0.39 is 12.4 Å². The Labute approximate surface area is 124 Å². The van der Waals surface area contributed by atoms with Crippen molar-refractivity contribution in [3.63, 3.8) is 0 Å². The van der Waals surface area contributed by atoms with Crippen molar-refractivity contribution in [3.8, 4) is 5.75 Å². The van der Waals surface area contributed by atoms with Crippen molar-refractivity contribution in [2.45, 2.75) is 13.0 Å². The highest BCUT2D eigenvalue weighted by Gasteiger charge is 2.12. The highest BCUT2D eigenvalue weighted by molar-refractivity contribution is 6.30. The molecule has 0 amide bonds. The fraction of sp³-hybridized carbons (Fsp3) is 0.133. The molecule has 0 saturated heterocycles. The van der Waals surface area contributed by atoms with E-state index in [1.54, 1.807) is 0 Å². The molecule has 0 aliphatic carbocycles. The predicted octanol–water partition coefficient (Wildman–Crippen LogP) is 4.51. The monoisotopic (exact) mass is 314 g/mol. The molecule has 0 fully saturated rings. The van der Waals surface area contributed by atoms with E-state index in [1.807, 2.05) is 0 Å². The van der Waals surface area contributed by atoms with Gasteiger partial charge in [-0.15, -0.1) is 0 Å². The smallest absolute Gasteiger partial charge is 0.387 e. The number of ketones is 1. The topological polar surface area (TPSA) is 26.3 Å². The molecule has 0 aliphatic rings. The van der Waals surface area contributed by atoms with Crippen LogP contribution < -0.4 is 4.74 Å². The quantitative estimate of drug-likeness (QED) is 0.759. The Morgan fingerprint density at radius 2 is 1.81 bits per heavy atom. The first kappa shape index (κ1) is 15.4. The fourth-order valence-electron chi connectivity index (χ4n) is 1.78. The molecule has 2 aromatic carbocycles. The summed E-state index contributed by atoms with van der Waals surface area (Å²) in [6.07, 6.45) is -0.165. The normalized spacial score (nSPS) is 10.7. The van der Waals surface area contributed by atoms with Crippen molar-refractivity contribution in [2.24, 2.45) is 0 Å². The third-order valence-electron chi connectivity index (χ3n) is 2.76. The van der Waals surface area contributed by atoms with Crippen LogP contribution in [0.4, 0.5) is 13.2 Å². The van der Waals surface area contributed by atoms with E-state index in [2.05, 4.69) is 4.74 Å². The standard InChI is InChI=1S/C15H10ClF3O2/c16-11-3-6-13(17)10(7-11)8-14(20)9-1-4-12(5-2-9)21-15(18)19/h1-7,15H,8H2. The van der Waals surface area contributed by atoms with Gasteiger partial charge in [-0.2, -0.15) is 8.78 Å². The van der Waals surface area contributed by atoms with Crippen molar-refractivity contribution in [1.82, 2.24) is 0 Å². The van der Waals surface area contributed by atoms with Crippen LogP contribution in [0.5, 0.6) is 5.75 Å². The van der Waals surface area contributed by atoms with Gasteiger partial charge in [-0.05, 0) is 48.0 Å². The average molecular weight is 315 g/mol. The van der Waals surface area contributed by atoms with E-state index in [-0.39, 0.29) is 29.1 Å². The fourth-order valence-corrected chi connectivity index (χ4v) is 1.97. The lowest BCUT2D eigenvalue weighted by Crippen LogP contribution is -2.06. The van der Waals surface area contributed by atoms with Crippen molar-refractivity contribution < 1.29 is 22.7 Å². The summed E-state index contributed by atoms with van der Waals surface area (Å²) in [7, 11) is 0. The van der Waals surface area contributed by atoms with Crippen LogP contribution in [-0.4, -0.2) is 12.4 Å². The Morgan fingerprint density at radius 3 is 2.43 bits per heavy atom. The second kappa shape index (κ2) is 6.63. The van der Waals surface area contributed by atoms with Gasteiger partial charge in [0, 0.05) is 17.0 Å². The summed E-state index contributed by atoms with van der Waals surface area (Å²) in [6, 6.07) is 9.17. The molecule has 0 unspecified atom stereocenters. The van der Waals surface area contributed by atoms with Crippen molar-refractivity contribution in [2.75, 3.05) is 0 Å². The van der Waals surface area contributed by atoms with Crippen molar-refractivity contribution in [1.29, 1.82) is 0 Å². The van der Waals surface area contributed by atoms with Gasteiger partial charge in [-0.3, -0.25) is 4.79 Å². The summed E-state index contributed by atoms with van der Waals surface area (Å²) >= 11 is 5.75. The molecule has 2 rings (SSSR count). The molecule has 0 N–H and O–H groups in total. The highest BCUT2D eigenvalue weighted by Crippen LogP contribution is 2.19. The lowest BCUT2D eigenvalue weighted by molar-refractivity contribution is -0.0498. The Hall–Kier alpha value is -2.01. The van der Waals surface area contributed by atoms with Crippen LogP contribution in [0.25, 0.3) is 0 Å². The number of halogens is 4. The lowest BCUT2D eigenvalue weighted by atomic mass is 10.0. The minimum Gasteiger partial charge on any atom is -0.435 e. The first-order chi connectivity index (χ1) is 9.95. The molecule has 0 saturated carbocycles. The highest BCUT2D eigenvalue weighted by atomic mass is 35.5. The molecule has 0 atom stereocenters. The largest absolute Gasteiger partial charge is 0.435 e. The van der Waals surface area contributed by atoms with Crippen LogP contribution in [-0.2, 0) is 6.42 Å². The van der Waals surface area contributed by atoms with Crippen molar-refractivity contribution >= 4 is 17.4 Å². The molecule has 6 heteroatoms. The Kier molecular flexibility index (Phi) is 4.85. The minimum atomic E-state index is -2.92. The number of alkyl halides is 2. The summed E-state index contributed by atoms with van der Waals surface area (Å²) in [6.45, 7) is -2.92. The van der Waals surface area contributed by atoms with E-state index in [1.165, 1.54) is 42.5 Å². The third-order valence-corrected chi connectivity index (χ3v) is 3.00. The molecular weight excluding hydrogens is 305 g/mol. The van der Waals surface area contributed by atoms with Gasteiger partial charge in [0.1, 0.15) is 11.6 Å². The van der Waals surface area contributed by atoms with Crippen molar-refractivity contribution in [3.05, 3.63) is 64.4 Å². The summed E-state index contributed by atoms with van der Waals surface area (Å²) in [4.78, 5) is 12.0. The van der Waals surface area contributed by atoms with E-state index in [4.69, 9.17) is 11.6 Å². The van der Waals surface area contributed by atoms with Crippen LogP contribution in [0.15, 0.2) is 42.5 Å². The summed E-state index contributed by atoms with van der Waals surface area (Å²) < 4.78 is 41.7. The summed E-state index contributed by atoms with van der Waals surface area (Å²) in [5, 5.41) is 0.333. The van der Waals surface area contributed by atoms with Crippen LogP contribution >= 0.6 is 11.6 Å². The molecule has 0 radical (unpaired) electrons. The second-order valence-electron chi connectivity index (χ2n) is 4.24. The SMILES string of the molecule is O=C(Cc1cc(Cl)ccc1F)c1ccc(OC(F)F)cc1. The van der Waals surface area contributed by atoms with Crippen LogP contribution in [0.2, 0.25) is 5.02 Å². The van der Waals surface area contributed by atoms with E-state index >= 15 is 0 Å². The maximum Gasteiger partial charge on any atom is 0.387 e. The molecule has 0 bridgehead atoms. The van der Waals surface area contributed by atoms with Gasteiger partial charge in [-0.1, -0.05) is 11.6 Å². The minimum absolute atomic E-state index is 0.0458. The molecule has 0 heterocycles. The third kappa shape index (κ3) is 4.23. The first-order valence-corrected chi connectivity index (χ1v) is 6.35. The number of Topliss-reactive ketones (excluding diaryl/α,β-unsaturated/α-hetero) is 1. The van der Waals surface area contributed by atoms with Gasteiger partial charge in [0.2, 0.25) is 0 Å². The van der Waals surface area contributed by atoms with Gasteiger partial charge in [0.05, 0.1) is 0 Å². The average Bonchev–Trinajstić information content (AvgIpc) is 2.43. The molecular formula is C15H10ClF3O2. The molecule has 0 aliphatic heterocycles. The van der Waals surface area contributed by atoms with E-state index in [0.717, 1.165) is 0 Å². The van der Waals surface area contributed by atoms with Crippen LogP contribution in [0.1, 0.15) is 15.9 Å². The number of hydrogen-bond donors (Lipinski definition) is 0. The number of ether oxygens (including phenoxy) is 1. The number of carbonyl (C=O) groups excluding carboxylic acids is 1. The van der Waals surface area contributed by atoms with E-state index in [9.17, 15) is 18.0 Å². The van der Waals surface area contributed by atoms with Gasteiger partial charge in [0.15, 0.2) is 5.78 Å². The molecule has 0 aromatic heterocycles. The van der Waals surface area contributed by atoms with E-state index in [0.29, 0.717) is 5.02 Å². The lowest BCUT2D eigenvalue weighted by Gasteiger charge is -2.06. The van der Waals surface area contributed by atoms with Gasteiger partial charge < -0.3 is 4.74 Å². The van der Waals surface area contributed by atoms with Gasteiger partial charge in [0.25, 0.3) is 0 Å². The van der Waals surface area contributed by atoms with Crippen LogP contribution in [0, 0.1) is 5.82 Å². The van der Waals surface area contributed by atoms with Gasteiger partial charge >= 0.3 is 6.61 Å². The zero-order valence-corrected chi connectivity index (χ0v) is 11.4. The number of rotatable bonds is 5. The Balaban J connectivity index is 2.11. The molecule has 21 heavy (non-hydrogen) atoms. The number of hydrogen-bond acceptors (Lipinski definition) is 2. The molecule has 0 spiro atoms. The molecule has 2 nitrogen and oxygen atoms in total. The summed E-state index contributed by atoms with van der Waals surface area (Å²) in [5.74, 6) is -0.916.